The first-order valence-electron chi connectivity index (χ1n) is 6.88. The number of hydrogen-bond donors (Lipinski definition) is 0. The van der Waals surface area contributed by atoms with Crippen molar-refractivity contribution in [3.63, 3.8) is 0 Å². The fraction of sp³-hybridized carbons (Fsp3) is 0.294. The zero-order chi connectivity index (χ0) is 16.8. The maximum Gasteiger partial charge on any atom is 0.250 e. The number of rotatable bonds is 6. The van der Waals surface area contributed by atoms with Crippen LogP contribution in [-0.2, 0) is 25.5 Å². The molecule has 23 heavy (non-hydrogen) atoms. The number of hydrogen-bond acceptors (Lipinski definition) is 6. The highest BCUT2D eigenvalue weighted by Gasteiger charge is 2.53. The summed E-state index contributed by atoms with van der Waals surface area (Å²) in [7, 11) is 2.75. The van der Waals surface area contributed by atoms with Crippen LogP contribution in [0.1, 0.15) is 5.56 Å². The van der Waals surface area contributed by atoms with Crippen LogP contribution in [0.2, 0.25) is 0 Å². The van der Waals surface area contributed by atoms with Crippen molar-refractivity contribution in [3.8, 4) is 0 Å². The van der Waals surface area contributed by atoms with Gasteiger partial charge in [0.25, 0.3) is 0 Å². The average molecular weight is 312 g/mol. The van der Waals surface area contributed by atoms with Crippen LogP contribution in [-0.4, -0.2) is 37.8 Å². The number of aliphatic imine (C=N–C) groups is 2. The molecule has 0 fully saturated rings. The van der Waals surface area contributed by atoms with Crippen molar-refractivity contribution in [3.05, 3.63) is 59.7 Å². The van der Waals surface area contributed by atoms with E-state index in [9.17, 15) is 9.59 Å². The Balaban J connectivity index is 2.52. The molecule has 0 saturated carbocycles. The number of methoxy groups -OCH3 is 2. The molecule has 0 aromatic heterocycles. The Labute approximate surface area is 133 Å². The van der Waals surface area contributed by atoms with Crippen molar-refractivity contribution in [2.75, 3.05) is 14.2 Å². The maximum atomic E-state index is 10.9. The number of isocyanates is 2. The van der Waals surface area contributed by atoms with Crippen LogP contribution in [0.15, 0.2) is 64.1 Å². The molecule has 0 amide bonds. The SMILES string of the molecule is COC1(OC)C=CC(Cc2ccccc2)=CC1(N=C=O)N=C=O. The van der Waals surface area contributed by atoms with Crippen molar-refractivity contribution in [2.24, 2.45) is 9.98 Å². The Kier molecular flexibility index (Phi) is 5.16. The summed E-state index contributed by atoms with van der Waals surface area (Å²) in [5.41, 5.74) is 0.169. The number of ether oxygens (including phenoxy) is 2. The Bertz CT molecular complexity index is 689. The number of nitrogens with zero attached hydrogens (tertiary/aromatic N) is 2. The summed E-state index contributed by atoms with van der Waals surface area (Å²) in [5, 5.41) is 0. The quantitative estimate of drug-likeness (QED) is 0.458. The van der Waals surface area contributed by atoms with E-state index in [0.717, 1.165) is 11.1 Å². The van der Waals surface area contributed by atoms with Crippen LogP contribution in [0.5, 0.6) is 0 Å². The number of benzene rings is 1. The highest BCUT2D eigenvalue weighted by atomic mass is 16.7. The summed E-state index contributed by atoms with van der Waals surface area (Å²) >= 11 is 0. The predicted octanol–water partition coefficient (Wildman–Crippen LogP) is 2.08. The molecule has 6 nitrogen and oxygen atoms in total. The largest absolute Gasteiger partial charge is 0.346 e. The van der Waals surface area contributed by atoms with Crippen LogP contribution in [0.3, 0.4) is 0 Å². The zero-order valence-electron chi connectivity index (χ0n) is 12.9. The van der Waals surface area contributed by atoms with Gasteiger partial charge in [-0.05, 0) is 29.7 Å². The van der Waals surface area contributed by atoms with E-state index in [-0.39, 0.29) is 0 Å². The van der Waals surface area contributed by atoms with E-state index >= 15 is 0 Å². The Morgan fingerprint density at radius 3 is 2.17 bits per heavy atom. The second kappa shape index (κ2) is 7.09. The average Bonchev–Trinajstić information content (AvgIpc) is 2.57. The third kappa shape index (κ3) is 3.11. The fourth-order valence-corrected chi connectivity index (χ4v) is 2.59. The molecule has 1 aliphatic carbocycles. The van der Waals surface area contributed by atoms with Crippen LogP contribution < -0.4 is 0 Å². The van der Waals surface area contributed by atoms with Crippen molar-refractivity contribution in [1.29, 1.82) is 0 Å². The molecule has 0 saturated heterocycles. The highest BCUT2D eigenvalue weighted by molar-refractivity contribution is 5.48. The van der Waals surface area contributed by atoms with Gasteiger partial charge in [0.15, 0.2) is 0 Å². The molecule has 1 aromatic rings. The van der Waals surface area contributed by atoms with Gasteiger partial charge in [-0.3, -0.25) is 0 Å². The first-order valence-corrected chi connectivity index (χ1v) is 6.88. The van der Waals surface area contributed by atoms with Crippen LogP contribution in [0.25, 0.3) is 0 Å². The van der Waals surface area contributed by atoms with E-state index < -0.39 is 11.4 Å². The molecule has 1 aliphatic rings. The van der Waals surface area contributed by atoms with E-state index in [1.807, 2.05) is 30.3 Å². The van der Waals surface area contributed by atoms with Crippen molar-refractivity contribution in [2.45, 2.75) is 17.9 Å². The molecule has 1 aromatic carbocycles. The highest BCUT2D eigenvalue weighted by Crippen LogP contribution is 2.39. The van der Waals surface area contributed by atoms with Crippen molar-refractivity contribution >= 4 is 12.2 Å². The smallest absolute Gasteiger partial charge is 0.250 e. The van der Waals surface area contributed by atoms with Gasteiger partial charge < -0.3 is 9.47 Å². The van der Waals surface area contributed by atoms with Gasteiger partial charge in [0.1, 0.15) is 0 Å². The molecular weight excluding hydrogens is 296 g/mol. The minimum absolute atomic E-state index is 0.575. The van der Waals surface area contributed by atoms with Gasteiger partial charge >= 0.3 is 0 Å². The van der Waals surface area contributed by atoms with Gasteiger partial charge in [-0.15, -0.1) is 0 Å². The van der Waals surface area contributed by atoms with Crippen LogP contribution >= 0.6 is 0 Å². The minimum atomic E-state index is -1.70. The Morgan fingerprint density at radius 2 is 1.65 bits per heavy atom. The molecule has 0 unspecified atom stereocenters. The Morgan fingerprint density at radius 1 is 1.04 bits per heavy atom. The molecule has 0 bridgehead atoms. The fourth-order valence-electron chi connectivity index (χ4n) is 2.59. The maximum absolute atomic E-state index is 10.9. The molecule has 0 spiro atoms. The molecule has 0 N–H and O–H groups in total. The van der Waals surface area contributed by atoms with E-state index in [4.69, 9.17) is 9.47 Å². The molecule has 0 aliphatic heterocycles. The molecule has 2 rings (SSSR count). The summed E-state index contributed by atoms with van der Waals surface area (Å²) in [6, 6.07) is 9.72. The van der Waals surface area contributed by atoms with Gasteiger partial charge in [0, 0.05) is 14.2 Å². The molecular formula is C17H16N2O4. The van der Waals surface area contributed by atoms with E-state index in [0.29, 0.717) is 6.42 Å². The normalized spacial score (nSPS) is 21.7. The summed E-state index contributed by atoms with van der Waals surface area (Å²) in [4.78, 5) is 29.1. The lowest BCUT2D eigenvalue weighted by Crippen LogP contribution is -2.53. The van der Waals surface area contributed by atoms with Gasteiger partial charge in [-0.2, -0.15) is 9.98 Å². The molecule has 0 atom stereocenters. The summed E-state index contributed by atoms with van der Waals surface area (Å²) < 4.78 is 10.7. The third-order valence-electron chi connectivity index (χ3n) is 3.71. The number of carbonyl (C=O) groups excluding carboxylic acids is 2. The topological polar surface area (TPSA) is 77.3 Å². The lowest BCUT2D eigenvalue weighted by molar-refractivity contribution is -0.200. The lowest BCUT2D eigenvalue weighted by atomic mass is 9.88. The van der Waals surface area contributed by atoms with E-state index in [1.54, 1.807) is 18.2 Å². The van der Waals surface area contributed by atoms with E-state index in [2.05, 4.69) is 9.98 Å². The monoisotopic (exact) mass is 312 g/mol. The van der Waals surface area contributed by atoms with Crippen molar-refractivity contribution < 1.29 is 19.1 Å². The second-order valence-corrected chi connectivity index (χ2v) is 4.92. The third-order valence-corrected chi connectivity index (χ3v) is 3.71. The van der Waals surface area contributed by atoms with E-state index in [1.165, 1.54) is 26.4 Å². The van der Waals surface area contributed by atoms with Gasteiger partial charge in [0.05, 0.1) is 0 Å². The predicted molar refractivity (Wildman–Crippen MR) is 83.1 cm³/mol. The number of allylic oxidation sites excluding steroid dienone is 2. The molecule has 0 heterocycles. The van der Waals surface area contributed by atoms with Crippen LogP contribution in [0, 0.1) is 0 Å². The first kappa shape index (κ1) is 16.7. The van der Waals surface area contributed by atoms with Crippen LogP contribution in [0.4, 0.5) is 0 Å². The second-order valence-electron chi connectivity index (χ2n) is 4.92. The zero-order valence-corrected chi connectivity index (χ0v) is 12.9. The Hall–Kier alpha value is -2.62. The summed E-state index contributed by atoms with van der Waals surface area (Å²) in [5.74, 6) is -1.51. The van der Waals surface area contributed by atoms with Gasteiger partial charge in [0.2, 0.25) is 23.6 Å². The molecule has 6 heteroatoms. The summed E-state index contributed by atoms with van der Waals surface area (Å²) in [6.07, 6.45) is 8.37. The van der Waals surface area contributed by atoms with Crippen molar-refractivity contribution in [1.82, 2.24) is 0 Å². The van der Waals surface area contributed by atoms with Gasteiger partial charge in [-0.25, -0.2) is 9.59 Å². The standard InChI is InChI=1S/C17H16N2O4/c1-22-17(23-2)9-8-15(10-14-6-4-3-5-7-14)11-16(17,18-12-20)19-13-21/h3-9,11H,10H2,1-2H3. The van der Waals surface area contributed by atoms with Gasteiger partial charge in [-0.1, -0.05) is 36.4 Å². The molecule has 118 valence electrons. The minimum Gasteiger partial charge on any atom is -0.346 e. The first-order chi connectivity index (χ1) is 11.1. The molecule has 0 radical (unpaired) electrons. The lowest BCUT2D eigenvalue weighted by Gasteiger charge is -2.39. The summed E-state index contributed by atoms with van der Waals surface area (Å²) in [6.45, 7) is 0.